The second kappa shape index (κ2) is 7.92. The summed E-state index contributed by atoms with van der Waals surface area (Å²) >= 11 is 0. The van der Waals surface area contributed by atoms with Crippen LogP contribution in [0.4, 0.5) is 0 Å². The minimum absolute atomic E-state index is 0.0109. The van der Waals surface area contributed by atoms with Gasteiger partial charge in [0.15, 0.2) is 0 Å². The van der Waals surface area contributed by atoms with Crippen molar-refractivity contribution in [3.05, 3.63) is 30.4 Å². The summed E-state index contributed by atoms with van der Waals surface area (Å²) in [7, 11) is 0. The number of nitrogens with one attached hydrogen (secondary N) is 1. The monoisotopic (exact) mass is 357 g/mol. The van der Waals surface area contributed by atoms with Gasteiger partial charge in [-0.05, 0) is 44.4 Å². The second-order valence-corrected chi connectivity index (χ2v) is 6.74. The van der Waals surface area contributed by atoms with Crippen LogP contribution in [0.15, 0.2) is 29.0 Å². The SMILES string of the molecule is O=C([C@H]1CCCN1)N1CCC(OCc2nc(-c3cccnc3)no2)CC1. The lowest BCUT2D eigenvalue weighted by molar-refractivity contribution is -0.136. The van der Waals surface area contributed by atoms with Crippen molar-refractivity contribution in [1.82, 2.24) is 25.3 Å². The minimum atomic E-state index is 0.0109. The summed E-state index contributed by atoms with van der Waals surface area (Å²) in [5.74, 6) is 1.21. The van der Waals surface area contributed by atoms with E-state index in [0.717, 1.165) is 50.9 Å². The molecule has 2 aliphatic heterocycles. The van der Waals surface area contributed by atoms with E-state index in [1.807, 2.05) is 17.0 Å². The van der Waals surface area contributed by atoms with Crippen molar-refractivity contribution in [3.8, 4) is 11.4 Å². The highest BCUT2D eigenvalue weighted by Gasteiger charge is 2.30. The number of piperidine rings is 1. The van der Waals surface area contributed by atoms with Gasteiger partial charge in [0.1, 0.15) is 6.61 Å². The van der Waals surface area contributed by atoms with Crippen LogP contribution in [0.25, 0.3) is 11.4 Å². The molecular weight excluding hydrogens is 334 g/mol. The third-order valence-electron chi connectivity index (χ3n) is 4.94. The van der Waals surface area contributed by atoms with Gasteiger partial charge in [0.05, 0.1) is 12.1 Å². The predicted molar refractivity (Wildman–Crippen MR) is 92.9 cm³/mol. The molecule has 0 unspecified atom stereocenters. The molecule has 2 aromatic rings. The van der Waals surface area contributed by atoms with E-state index in [1.54, 1.807) is 12.4 Å². The molecule has 2 fully saturated rings. The lowest BCUT2D eigenvalue weighted by Gasteiger charge is -2.33. The van der Waals surface area contributed by atoms with Crippen LogP contribution < -0.4 is 5.32 Å². The van der Waals surface area contributed by atoms with E-state index in [1.165, 1.54) is 0 Å². The third kappa shape index (κ3) is 3.91. The Bertz CT molecular complexity index is 721. The third-order valence-corrected chi connectivity index (χ3v) is 4.94. The molecule has 0 saturated carbocycles. The van der Waals surface area contributed by atoms with Crippen LogP contribution >= 0.6 is 0 Å². The molecule has 1 amide bonds. The first-order valence-electron chi connectivity index (χ1n) is 9.16. The van der Waals surface area contributed by atoms with Gasteiger partial charge in [-0.15, -0.1) is 0 Å². The van der Waals surface area contributed by atoms with Gasteiger partial charge < -0.3 is 19.5 Å². The lowest BCUT2D eigenvalue weighted by Crippen LogP contribution is -2.48. The van der Waals surface area contributed by atoms with E-state index in [-0.39, 0.29) is 24.7 Å². The minimum Gasteiger partial charge on any atom is -0.368 e. The molecule has 2 aromatic heterocycles. The fourth-order valence-electron chi connectivity index (χ4n) is 3.47. The molecule has 0 aromatic carbocycles. The summed E-state index contributed by atoms with van der Waals surface area (Å²) in [4.78, 5) is 22.8. The quantitative estimate of drug-likeness (QED) is 0.864. The number of likely N-dealkylation sites (tertiary alicyclic amines) is 1. The molecule has 1 atom stereocenters. The largest absolute Gasteiger partial charge is 0.368 e. The highest BCUT2D eigenvalue weighted by atomic mass is 16.5. The molecule has 8 heteroatoms. The first-order chi connectivity index (χ1) is 12.8. The predicted octanol–water partition coefficient (Wildman–Crippen LogP) is 1.39. The average molecular weight is 357 g/mol. The molecule has 0 bridgehead atoms. The summed E-state index contributed by atoms with van der Waals surface area (Å²) in [5.41, 5.74) is 0.815. The van der Waals surface area contributed by atoms with Gasteiger partial charge in [-0.1, -0.05) is 5.16 Å². The van der Waals surface area contributed by atoms with E-state index in [2.05, 4.69) is 20.4 Å². The topological polar surface area (TPSA) is 93.4 Å². The van der Waals surface area contributed by atoms with E-state index in [0.29, 0.717) is 11.7 Å². The van der Waals surface area contributed by atoms with Gasteiger partial charge in [-0.25, -0.2) is 0 Å². The summed E-state index contributed by atoms with van der Waals surface area (Å²) in [5, 5.41) is 7.24. The molecule has 1 N–H and O–H groups in total. The van der Waals surface area contributed by atoms with Crippen molar-refractivity contribution in [2.24, 2.45) is 0 Å². The molecule has 4 heterocycles. The summed E-state index contributed by atoms with van der Waals surface area (Å²) < 4.78 is 11.2. The Balaban J connectivity index is 1.24. The van der Waals surface area contributed by atoms with Crippen LogP contribution in [0, 0.1) is 0 Å². The molecular formula is C18H23N5O3. The maximum absolute atomic E-state index is 12.4. The standard InChI is InChI=1S/C18H23N5O3/c24-18(15-4-2-8-20-15)23-9-5-14(6-10-23)25-12-16-21-17(22-26-16)13-3-1-7-19-11-13/h1,3,7,11,14-15,20H,2,4-6,8-10,12H2/t15-/m1/s1. The zero-order valence-electron chi connectivity index (χ0n) is 14.6. The Labute approximate surface area is 151 Å². The number of carbonyl (C=O) groups is 1. The molecule has 0 radical (unpaired) electrons. The average Bonchev–Trinajstić information content (AvgIpc) is 3.39. The first kappa shape index (κ1) is 17.1. The smallest absolute Gasteiger partial charge is 0.252 e. The Hall–Kier alpha value is -2.32. The second-order valence-electron chi connectivity index (χ2n) is 6.74. The maximum Gasteiger partial charge on any atom is 0.252 e. The van der Waals surface area contributed by atoms with Gasteiger partial charge >= 0.3 is 0 Å². The number of hydrogen-bond donors (Lipinski definition) is 1. The van der Waals surface area contributed by atoms with E-state index in [9.17, 15) is 4.79 Å². The molecule has 2 aliphatic rings. The molecule has 2 saturated heterocycles. The highest BCUT2D eigenvalue weighted by Crippen LogP contribution is 2.19. The van der Waals surface area contributed by atoms with Crippen molar-refractivity contribution in [2.45, 2.75) is 44.4 Å². The number of ether oxygens (including phenoxy) is 1. The Morgan fingerprint density at radius 2 is 2.23 bits per heavy atom. The van der Waals surface area contributed by atoms with Crippen molar-refractivity contribution < 1.29 is 14.1 Å². The molecule has 138 valence electrons. The summed E-state index contributed by atoms with van der Waals surface area (Å²) in [6.45, 7) is 2.72. The molecule has 4 rings (SSSR count). The van der Waals surface area contributed by atoms with Gasteiger partial charge in [-0.3, -0.25) is 9.78 Å². The lowest BCUT2D eigenvalue weighted by atomic mass is 10.1. The molecule has 0 aliphatic carbocycles. The maximum atomic E-state index is 12.4. The van der Waals surface area contributed by atoms with E-state index >= 15 is 0 Å². The van der Waals surface area contributed by atoms with Gasteiger partial charge in [0.25, 0.3) is 5.89 Å². The first-order valence-corrected chi connectivity index (χ1v) is 9.16. The number of rotatable bonds is 5. The van der Waals surface area contributed by atoms with Gasteiger partial charge in [-0.2, -0.15) is 4.98 Å². The number of hydrogen-bond acceptors (Lipinski definition) is 7. The normalized spacial score (nSPS) is 21.2. The van der Waals surface area contributed by atoms with Crippen molar-refractivity contribution >= 4 is 5.91 Å². The van der Waals surface area contributed by atoms with Crippen molar-refractivity contribution in [2.75, 3.05) is 19.6 Å². The van der Waals surface area contributed by atoms with Crippen molar-refractivity contribution in [1.29, 1.82) is 0 Å². The molecule has 8 nitrogen and oxygen atoms in total. The van der Waals surface area contributed by atoms with Crippen molar-refractivity contribution in [3.63, 3.8) is 0 Å². The van der Waals surface area contributed by atoms with Crippen LogP contribution in [0.5, 0.6) is 0 Å². The van der Waals surface area contributed by atoms with Crippen LogP contribution in [0.2, 0.25) is 0 Å². The Morgan fingerprint density at radius 3 is 2.96 bits per heavy atom. The zero-order chi connectivity index (χ0) is 17.8. The Kier molecular flexibility index (Phi) is 5.21. The zero-order valence-corrected chi connectivity index (χ0v) is 14.6. The molecule has 0 spiro atoms. The van der Waals surface area contributed by atoms with Crippen LogP contribution in [0.3, 0.4) is 0 Å². The fourth-order valence-corrected chi connectivity index (χ4v) is 3.47. The van der Waals surface area contributed by atoms with Crippen LogP contribution in [0.1, 0.15) is 31.6 Å². The number of nitrogens with zero attached hydrogens (tertiary/aromatic N) is 4. The molecule has 26 heavy (non-hydrogen) atoms. The fraction of sp³-hybridized carbons (Fsp3) is 0.556. The number of aromatic nitrogens is 3. The number of carbonyl (C=O) groups excluding carboxylic acids is 1. The van der Waals surface area contributed by atoms with E-state index < -0.39 is 0 Å². The van der Waals surface area contributed by atoms with Crippen LogP contribution in [-0.4, -0.2) is 57.7 Å². The number of pyridine rings is 1. The van der Waals surface area contributed by atoms with Gasteiger partial charge in [0, 0.05) is 31.0 Å². The van der Waals surface area contributed by atoms with Gasteiger partial charge in [0.2, 0.25) is 11.7 Å². The number of amides is 1. The summed E-state index contributed by atoms with van der Waals surface area (Å²) in [6, 6.07) is 3.73. The summed E-state index contributed by atoms with van der Waals surface area (Å²) in [6.07, 6.45) is 7.22. The highest BCUT2D eigenvalue weighted by molar-refractivity contribution is 5.82. The van der Waals surface area contributed by atoms with E-state index in [4.69, 9.17) is 9.26 Å². The Morgan fingerprint density at radius 1 is 1.35 bits per heavy atom. The van der Waals surface area contributed by atoms with Crippen LogP contribution in [-0.2, 0) is 16.1 Å².